The second-order valence-corrected chi connectivity index (χ2v) is 7.96. The summed E-state index contributed by atoms with van der Waals surface area (Å²) < 4.78 is 37.1. The van der Waals surface area contributed by atoms with Crippen molar-refractivity contribution in [2.24, 2.45) is 0 Å². The number of carbonyl (C=O) groups excluding carboxylic acids is 1. The van der Waals surface area contributed by atoms with Gasteiger partial charge in [0.2, 0.25) is 10.0 Å². The van der Waals surface area contributed by atoms with Gasteiger partial charge in [-0.15, -0.1) is 11.3 Å². The molecule has 1 aromatic carbocycles. The van der Waals surface area contributed by atoms with Gasteiger partial charge >= 0.3 is 5.97 Å². The van der Waals surface area contributed by atoms with Gasteiger partial charge in [-0.25, -0.2) is 13.4 Å². The fraction of sp³-hybridized carbons (Fsp3) is 0.176. The Labute approximate surface area is 154 Å². The molecule has 2 aromatic heterocycles. The van der Waals surface area contributed by atoms with Gasteiger partial charge < -0.3 is 9.15 Å². The van der Waals surface area contributed by atoms with Gasteiger partial charge in [0.15, 0.2) is 10.8 Å². The zero-order valence-electron chi connectivity index (χ0n) is 13.8. The minimum atomic E-state index is -3.79. The summed E-state index contributed by atoms with van der Waals surface area (Å²) in [6.45, 7) is 1.38. The number of rotatable bonds is 7. The van der Waals surface area contributed by atoms with Gasteiger partial charge in [-0.3, -0.25) is 4.79 Å². The molecular formula is C17H16N2O5S2. The van der Waals surface area contributed by atoms with Gasteiger partial charge in [-0.2, -0.15) is 4.72 Å². The molecule has 0 radical (unpaired) electrons. The van der Waals surface area contributed by atoms with Crippen molar-refractivity contribution < 1.29 is 22.4 Å². The zero-order valence-corrected chi connectivity index (χ0v) is 15.4. The predicted octanol–water partition coefficient (Wildman–Crippen LogP) is 2.81. The minimum Gasteiger partial charge on any atom is -0.462 e. The number of hydrogen-bond donors (Lipinski definition) is 1. The number of esters is 1. The lowest BCUT2D eigenvalue weighted by molar-refractivity contribution is -0.146. The van der Waals surface area contributed by atoms with Crippen LogP contribution in [0.25, 0.3) is 10.8 Å². The molecule has 0 spiro atoms. The van der Waals surface area contributed by atoms with E-state index in [2.05, 4.69) is 9.71 Å². The van der Waals surface area contributed by atoms with Crippen LogP contribution in [0, 0.1) is 0 Å². The maximum atomic E-state index is 12.2. The molecule has 0 aliphatic heterocycles. The van der Waals surface area contributed by atoms with E-state index in [1.54, 1.807) is 42.0 Å². The van der Waals surface area contributed by atoms with Crippen LogP contribution in [0.4, 0.5) is 0 Å². The first-order chi connectivity index (χ1) is 12.5. The highest BCUT2D eigenvalue weighted by molar-refractivity contribution is 7.89. The third-order valence-corrected chi connectivity index (χ3v) is 5.85. The summed E-state index contributed by atoms with van der Waals surface area (Å²) >= 11 is 1.37. The maximum absolute atomic E-state index is 12.2. The summed E-state index contributed by atoms with van der Waals surface area (Å²) in [6, 6.07) is 10.3. The quantitative estimate of drug-likeness (QED) is 0.621. The van der Waals surface area contributed by atoms with Crippen LogP contribution in [0.5, 0.6) is 0 Å². The van der Waals surface area contributed by atoms with Crippen LogP contribution in [0.2, 0.25) is 0 Å². The third-order valence-electron chi connectivity index (χ3n) is 3.39. The largest absolute Gasteiger partial charge is 0.462 e. The van der Waals surface area contributed by atoms with Gasteiger partial charge in [-0.1, -0.05) is 18.2 Å². The number of sulfonamides is 1. The molecule has 3 rings (SSSR count). The van der Waals surface area contributed by atoms with Crippen molar-refractivity contribution in [3.8, 4) is 10.8 Å². The number of hydrogen-bond acceptors (Lipinski definition) is 7. The number of nitrogens with one attached hydrogen (secondary N) is 1. The Kier molecular flexibility index (Phi) is 5.50. The van der Waals surface area contributed by atoms with E-state index < -0.39 is 22.0 Å². The molecule has 9 heteroatoms. The van der Waals surface area contributed by atoms with Crippen molar-refractivity contribution >= 4 is 27.3 Å². The summed E-state index contributed by atoms with van der Waals surface area (Å²) in [7, 11) is -3.79. The molecule has 26 heavy (non-hydrogen) atoms. The van der Waals surface area contributed by atoms with Crippen LogP contribution >= 0.6 is 11.3 Å². The first kappa shape index (κ1) is 18.3. The normalized spacial score (nSPS) is 12.7. The molecule has 0 unspecified atom stereocenters. The summed E-state index contributed by atoms with van der Waals surface area (Å²) in [4.78, 5) is 16.5. The molecule has 0 amide bonds. The summed E-state index contributed by atoms with van der Waals surface area (Å²) in [5, 5.41) is 2.43. The number of carbonyl (C=O) groups is 1. The molecule has 7 nitrogen and oxygen atoms in total. The number of aromatic nitrogens is 1. The SMILES string of the molecule is C[C@H](NS(=O)(=O)c1ccccc1)C(=O)OCc1csc(-c2ccco2)n1. The van der Waals surface area contributed by atoms with Crippen LogP contribution in [-0.2, 0) is 26.2 Å². The lowest BCUT2D eigenvalue weighted by Crippen LogP contribution is -2.39. The molecule has 0 bridgehead atoms. The van der Waals surface area contributed by atoms with Gasteiger partial charge in [0.05, 0.1) is 16.9 Å². The Balaban J connectivity index is 1.56. The molecule has 1 atom stereocenters. The van der Waals surface area contributed by atoms with Crippen LogP contribution in [-0.4, -0.2) is 25.4 Å². The number of ether oxygens (including phenoxy) is 1. The Morgan fingerprint density at radius 2 is 2.04 bits per heavy atom. The zero-order chi connectivity index (χ0) is 18.6. The first-order valence-corrected chi connectivity index (χ1v) is 10.0. The fourth-order valence-electron chi connectivity index (χ4n) is 2.11. The molecular weight excluding hydrogens is 376 g/mol. The summed E-state index contributed by atoms with van der Waals surface area (Å²) in [5.41, 5.74) is 0.563. The Hall–Kier alpha value is -2.49. The second-order valence-electron chi connectivity index (χ2n) is 5.39. The van der Waals surface area contributed by atoms with Crippen molar-refractivity contribution in [2.45, 2.75) is 24.5 Å². The van der Waals surface area contributed by atoms with Crippen LogP contribution in [0.3, 0.4) is 0 Å². The highest BCUT2D eigenvalue weighted by atomic mass is 32.2. The second kappa shape index (κ2) is 7.81. The topological polar surface area (TPSA) is 98.5 Å². The van der Waals surface area contributed by atoms with E-state index in [-0.39, 0.29) is 11.5 Å². The summed E-state index contributed by atoms with van der Waals surface area (Å²) in [5.74, 6) is -0.0476. The number of thiazole rings is 1. The number of benzene rings is 1. The Morgan fingerprint density at radius 3 is 2.73 bits per heavy atom. The predicted molar refractivity (Wildman–Crippen MR) is 95.8 cm³/mol. The van der Waals surface area contributed by atoms with E-state index in [4.69, 9.17) is 9.15 Å². The minimum absolute atomic E-state index is 0.0482. The van der Waals surface area contributed by atoms with Crippen LogP contribution in [0.15, 0.2) is 63.4 Å². The average molecular weight is 392 g/mol. The van der Waals surface area contributed by atoms with Gasteiger partial charge in [0.25, 0.3) is 0 Å². The molecule has 0 saturated heterocycles. The molecule has 0 aliphatic carbocycles. The average Bonchev–Trinajstić information content (AvgIpc) is 3.31. The van der Waals surface area contributed by atoms with Crippen molar-refractivity contribution in [1.29, 1.82) is 0 Å². The highest BCUT2D eigenvalue weighted by Gasteiger charge is 2.23. The third kappa shape index (κ3) is 4.37. The van der Waals surface area contributed by atoms with Crippen molar-refractivity contribution in [3.63, 3.8) is 0 Å². The molecule has 0 aliphatic rings. The highest BCUT2D eigenvalue weighted by Crippen LogP contribution is 2.24. The molecule has 136 valence electrons. The molecule has 0 fully saturated rings. The number of nitrogens with zero attached hydrogens (tertiary/aromatic N) is 1. The van der Waals surface area contributed by atoms with Crippen LogP contribution in [0.1, 0.15) is 12.6 Å². The van der Waals surface area contributed by atoms with Crippen molar-refractivity contribution in [1.82, 2.24) is 9.71 Å². The monoisotopic (exact) mass is 392 g/mol. The Bertz CT molecular complexity index is 966. The smallest absolute Gasteiger partial charge is 0.324 e. The molecule has 1 N–H and O–H groups in total. The maximum Gasteiger partial charge on any atom is 0.324 e. The van der Waals surface area contributed by atoms with Gasteiger partial charge in [0, 0.05) is 5.38 Å². The van der Waals surface area contributed by atoms with E-state index in [0.717, 1.165) is 0 Å². The van der Waals surface area contributed by atoms with Crippen LogP contribution < -0.4 is 4.72 Å². The van der Waals surface area contributed by atoms with E-state index >= 15 is 0 Å². The van der Waals surface area contributed by atoms with Gasteiger partial charge in [-0.05, 0) is 31.2 Å². The van der Waals surface area contributed by atoms with E-state index in [1.807, 2.05) is 0 Å². The van der Waals surface area contributed by atoms with Crippen molar-refractivity contribution in [2.75, 3.05) is 0 Å². The summed E-state index contributed by atoms with van der Waals surface area (Å²) in [6.07, 6.45) is 1.55. The van der Waals surface area contributed by atoms with Crippen molar-refractivity contribution in [3.05, 3.63) is 59.8 Å². The van der Waals surface area contributed by atoms with Gasteiger partial charge in [0.1, 0.15) is 12.6 Å². The molecule has 3 aromatic rings. The van der Waals surface area contributed by atoms with E-state index in [9.17, 15) is 13.2 Å². The Morgan fingerprint density at radius 1 is 1.27 bits per heavy atom. The first-order valence-electron chi connectivity index (χ1n) is 7.68. The lowest BCUT2D eigenvalue weighted by Gasteiger charge is -2.13. The number of furan rings is 1. The molecule has 2 heterocycles. The van der Waals surface area contributed by atoms with E-state index in [1.165, 1.54) is 30.4 Å². The molecule has 0 saturated carbocycles. The fourth-order valence-corrected chi connectivity index (χ4v) is 4.09. The van der Waals surface area contributed by atoms with E-state index in [0.29, 0.717) is 16.5 Å². The lowest BCUT2D eigenvalue weighted by atomic mass is 10.4. The standard InChI is InChI=1S/C17H16N2O5S2/c1-12(19-26(21,22)14-6-3-2-4-7-14)17(20)24-10-13-11-25-16(18-13)15-8-5-9-23-15/h2-9,11-12,19H,10H2,1H3/t12-/m0/s1.